The zero-order chi connectivity index (χ0) is 19.7. The molecular weight excluding hydrogens is 395 g/mol. The highest BCUT2D eigenvalue weighted by Crippen LogP contribution is 2.40. The quantitative estimate of drug-likeness (QED) is 0.448. The molecule has 8 heteroatoms. The minimum absolute atomic E-state index is 0.112. The topological polar surface area (TPSA) is 60.7 Å². The maximum atomic E-state index is 13.4. The highest BCUT2D eigenvalue weighted by molar-refractivity contribution is 8.13. The van der Waals surface area contributed by atoms with Gasteiger partial charge in [0.15, 0.2) is 10.3 Å². The van der Waals surface area contributed by atoms with Gasteiger partial charge >= 0.3 is 0 Å². The molecule has 1 atom stereocenters. The predicted molar refractivity (Wildman–Crippen MR) is 111 cm³/mol. The highest BCUT2D eigenvalue weighted by atomic mass is 32.2. The van der Waals surface area contributed by atoms with Crippen LogP contribution in [0.25, 0.3) is 22.6 Å². The summed E-state index contributed by atoms with van der Waals surface area (Å²) in [7, 11) is 0. The fraction of sp³-hybridized carbons (Fsp3) is 0.300. The van der Waals surface area contributed by atoms with E-state index in [0.717, 1.165) is 41.3 Å². The molecule has 0 bridgehead atoms. The van der Waals surface area contributed by atoms with Crippen LogP contribution in [-0.4, -0.2) is 36.6 Å². The molecule has 0 amide bonds. The first-order chi connectivity index (χ1) is 13.6. The first kappa shape index (κ1) is 19.1. The number of imidazole rings is 1. The van der Waals surface area contributed by atoms with Crippen LogP contribution in [-0.2, 0) is 11.2 Å². The van der Waals surface area contributed by atoms with E-state index in [-0.39, 0.29) is 17.0 Å². The molecule has 5 nitrogen and oxygen atoms in total. The summed E-state index contributed by atoms with van der Waals surface area (Å²) >= 11 is 2.82. The van der Waals surface area contributed by atoms with Crippen LogP contribution in [0.1, 0.15) is 25.2 Å². The van der Waals surface area contributed by atoms with Gasteiger partial charge in [-0.1, -0.05) is 23.5 Å². The summed E-state index contributed by atoms with van der Waals surface area (Å²) in [6, 6.07) is 8.43. The molecule has 1 aromatic carbocycles. The van der Waals surface area contributed by atoms with Crippen molar-refractivity contribution in [1.29, 1.82) is 0 Å². The van der Waals surface area contributed by atoms with Crippen molar-refractivity contribution in [2.75, 3.05) is 12.0 Å². The lowest BCUT2D eigenvalue weighted by Gasteiger charge is -2.16. The van der Waals surface area contributed by atoms with Gasteiger partial charge in [0.2, 0.25) is 0 Å². The Kier molecular flexibility index (Phi) is 5.50. The van der Waals surface area contributed by atoms with Crippen molar-refractivity contribution in [2.24, 2.45) is 0 Å². The number of fused-ring (bicyclic) bond motifs is 1. The Balaban J connectivity index is 1.87. The third-order valence-electron chi connectivity index (χ3n) is 4.71. The van der Waals surface area contributed by atoms with Crippen LogP contribution in [0.5, 0.6) is 0 Å². The minimum atomic E-state index is -0.278. The molecule has 0 radical (unpaired) electrons. The summed E-state index contributed by atoms with van der Waals surface area (Å²) in [5, 5.41) is 0.798. The van der Waals surface area contributed by atoms with Crippen molar-refractivity contribution >= 4 is 28.6 Å². The second kappa shape index (κ2) is 8.05. The minimum Gasteiger partial charge on any atom is -0.322 e. The third-order valence-corrected chi connectivity index (χ3v) is 6.23. The lowest BCUT2D eigenvalue weighted by Crippen LogP contribution is -2.10. The number of aryl methyl sites for hydroxylation is 1. The number of carbonyl (C=O) groups is 1. The molecule has 4 rings (SSSR count). The molecule has 3 aromatic rings. The zero-order valence-corrected chi connectivity index (χ0v) is 17.2. The van der Waals surface area contributed by atoms with Crippen molar-refractivity contribution in [2.45, 2.75) is 31.0 Å². The van der Waals surface area contributed by atoms with Gasteiger partial charge < -0.3 is 4.57 Å². The molecule has 0 spiro atoms. The van der Waals surface area contributed by atoms with E-state index in [4.69, 9.17) is 4.98 Å². The number of hydrogen-bond donors (Lipinski definition) is 0. The van der Waals surface area contributed by atoms with Gasteiger partial charge in [-0.3, -0.25) is 4.79 Å². The second-order valence-electron chi connectivity index (χ2n) is 6.53. The van der Waals surface area contributed by atoms with Gasteiger partial charge in [0.1, 0.15) is 11.6 Å². The number of nitrogens with zero attached hydrogens (tertiary/aromatic N) is 4. The molecule has 0 fully saturated rings. The van der Waals surface area contributed by atoms with Crippen molar-refractivity contribution in [3.63, 3.8) is 0 Å². The smallest absolute Gasteiger partial charge is 0.187 e. The van der Waals surface area contributed by atoms with Crippen molar-refractivity contribution in [1.82, 2.24) is 19.5 Å². The number of benzene rings is 1. The van der Waals surface area contributed by atoms with Gasteiger partial charge in [0, 0.05) is 36.9 Å². The summed E-state index contributed by atoms with van der Waals surface area (Å²) < 4.78 is 15.7. The molecule has 1 aliphatic rings. The molecule has 3 heterocycles. The number of carbonyl (C=O) groups excluding carboxylic acids is 1. The van der Waals surface area contributed by atoms with Crippen LogP contribution in [0.3, 0.4) is 0 Å². The van der Waals surface area contributed by atoms with E-state index < -0.39 is 0 Å². The predicted octanol–water partition coefficient (Wildman–Crippen LogP) is 4.64. The van der Waals surface area contributed by atoms with Crippen LogP contribution in [0.2, 0.25) is 0 Å². The monoisotopic (exact) mass is 414 g/mol. The fourth-order valence-corrected chi connectivity index (χ4v) is 4.57. The SMILES string of the molecule is CSc1nccc(-c2c(-c3ccc(F)cc3)nc3n2[C@H](CSC(C)=O)CC3)n1. The number of thioether (sulfide) groups is 2. The van der Waals surface area contributed by atoms with Crippen LogP contribution in [0.15, 0.2) is 41.7 Å². The van der Waals surface area contributed by atoms with Gasteiger partial charge in [0.05, 0.1) is 17.1 Å². The van der Waals surface area contributed by atoms with Crippen molar-refractivity contribution in [3.8, 4) is 22.6 Å². The summed E-state index contributed by atoms with van der Waals surface area (Å²) in [6.45, 7) is 1.59. The van der Waals surface area contributed by atoms with Crippen molar-refractivity contribution in [3.05, 3.63) is 48.2 Å². The normalized spacial score (nSPS) is 15.6. The summed E-state index contributed by atoms with van der Waals surface area (Å²) in [5.41, 5.74) is 3.34. The average Bonchev–Trinajstić information content (AvgIpc) is 3.26. The Morgan fingerprint density at radius 1 is 1.25 bits per heavy atom. The van der Waals surface area contributed by atoms with Gasteiger partial charge in [-0.25, -0.2) is 19.3 Å². The number of rotatable bonds is 5. The Morgan fingerprint density at radius 2 is 2.04 bits per heavy atom. The standard InChI is InChI=1S/C20H19FN4OS2/c1-12(26)28-11-15-7-8-17-24-18(13-3-5-14(21)6-4-13)19(25(15)17)16-9-10-22-20(23-16)27-2/h3-6,9-10,15H,7-8,11H2,1-2H3/t15-/m0/s1. The maximum absolute atomic E-state index is 13.4. The molecule has 2 aromatic heterocycles. The van der Waals surface area contributed by atoms with Gasteiger partial charge in [0.25, 0.3) is 0 Å². The number of halogens is 1. The molecule has 144 valence electrons. The highest BCUT2D eigenvalue weighted by Gasteiger charge is 2.31. The molecule has 0 saturated carbocycles. The zero-order valence-electron chi connectivity index (χ0n) is 15.6. The lowest BCUT2D eigenvalue weighted by molar-refractivity contribution is -0.109. The van der Waals surface area contributed by atoms with Gasteiger partial charge in [-0.05, 0) is 43.0 Å². The van der Waals surface area contributed by atoms with E-state index in [1.807, 2.05) is 12.3 Å². The van der Waals surface area contributed by atoms with E-state index >= 15 is 0 Å². The molecule has 0 N–H and O–H groups in total. The Bertz CT molecular complexity index is 1020. The Morgan fingerprint density at radius 3 is 2.75 bits per heavy atom. The van der Waals surface area contributed by atoms with Crippen LogP contribution < -0.4 is 0 Å². The molecular formula is C20H19FN4OS2. The molecule has 0 aliphatic carbocycles. The fourth-order valence-electron chi connectivity index (χ4n) is 3.47. The largest absolute Gasteiger partial charge is 0.322 e. The van der Waals surface area contributed by atoms with Gasteiger partial charge in [-0.15, -0.1) is 0 Å². The third kappa shape index (κ3) is 3.71. The molecule has 28 heavy (non-hydrogen) atoms. The second-order valence-corrected chi connectivity index (χ2v) is 8.50. The van der Waals surface area contributed by atoms with Crippen LogP contribution in [0, 0.1) is 5.82 Å². The molecule has 0 saturated heterocycles. The molecule has 0 unspecified atom stereocenters. The van der Waals surface area contributed by atoms with E-state index in [2.05, 4.69) is 14.5 Å². The molecule has 1 aliphatic heterocycles. The number of aromatic nitrogens is 4. The lowest BCUT2D eigenvalue weighted by atomic mass is 10.1. The van der Waals surface area contributed by atoms with Crippen LogP contribution in [0.4, 0.5) is 4.39 Å². The van der Waals surface area contributed by atoms with E-state index in [0.29, 0.717) is 10.9 Å². The summed E-state index contributed by atoms with van der Waals surface area (Å²) in [6.07, 6.45) is 5.47. The number of hydrogen-bond acceptors (Lipinski definition) is 6. The van der Waals surface area contributed by atoms with Crippen LogP contribution >= 0.6 is 23.5 Å². The first-order valence-corrected chi connectivity index (χ1v) is 11.2. The maximum Gasteiger partial charge on any atom is 0.187 e. The average molecular weight is 415 g/mol. The van der Waals surface area contributed by atoms with E-state index in [1.54, 1.807) is 25.3 Å². The van der Waals surface area contributed by atoms with E-state index in [9.17, 15) is 9.18 Å². The first-order valence-electron chi connectivity index (χ1n) is 8.94. The van der Waals surface area contributed by atoms with Crippen molar-refractivity contribution < 1.29 is 9.18 Å². The Hall–Kier alpha value is -2.19. The van der Waals surface area contributed by atoms with Gasteiger partial charge in [-0.2, -0.15) is 0 Å². The summed E-state index contributed by atoms with van der Waals surface area (Å²) in [4.78, 5) is 25.3. The van der Waals surface area contributed by atoms with E-state index in [1.165, 1.54) is 35.7 Å². The summed E-state index contributed by atoms with van der Waals surface area (Å²) in [5.74, 6) is 1.40. The Labute approximate surface area is 171 Å².